The zero-order valence-electron chi connectivity index (χ0n) is 23.1. The van der Waals surface area contributed by atoms with E-state index in [4.69, 9.17) is 0 Å². The van der Waals surface area contributed by atoms with Gasteiger partial charge >= 0.3 is 0 Å². The number of nitrogens with zero attached hydrogens (tertiary/aromatic N) is 3. The smallest absolute Gasteiger partial charge is 0.0125 e. The van der Waals surface area contributed by atoms with E-state index in [0.29, 0.717) is 11.1 Å². The van der Waals surface area contributed by atoms with Gasteiger partial charge in [0, 0.05) is 17.1 Å². The van der Waals surface area contributed by atoms with Crippen LogP contribution in [-0.4, -0.2) is 71.1 Å². The Balaban J connectivity index is 0. The van der Waals surface area contributed by atoms with Crippen LogP contribution in [0, 0.1) is 5.92 Å². The molecule has 0 aromatic rings. The van der Waals surface area contributed by atoms with Gasteiger partial charge in [0.2, 0.25) is 0 Å². The first-order valence-electron chi connectivity index (χ1n) is 13.7. The molecule has 0 amide bonds. The molecule has 0 unspecified atom stereocenters. The van der Waals surface area contributed by atoms with Gasteiger partial charge in [-0.15, -0.1) is 0 Å². The second-order valence-corrected chi connectivity index (χ2v) is 12.6. The van der Waals surface area contributed by atoms with E-state index < -0.39 is 0 Å². The van der Waals surface area contributed by atoms with Gasteiger partial charge in [-0.3, -0.25) is 9.80 Å². The lowest BCUT2D eigenvalue weighted by Gasteiger charge is -2.40. The van der Waals surface area contributed by atoms with Crippen LogP contribution in [0.5, 0.6) is 0 Å². The van der Waals surface area contributed by atoms with E-state index in [1.54, 1.807) is 0 Å². The van der Waals surface area contributed by atoms with Crippen LogP contribution in [0.3, 0.4) is 0 Å². The van der Waals surface area contributed by atoms with E-state index in [1.165, 1.54) is 97.1 Å². The van der Waals surface area contributed by atoms with Gasteiger partial charge in [0.15, 0.2) is 0 Å². The summed E-state index contributed by atoms with van der Waals surface area (Å²) in [6, 6.07) is 0.762. The highest BCUT2D eigenvalue weighted by molar-refractivity contribution is 4.80. The van der Waals surface area contributed by atoms with Crippen LogP contribution >= 0.6 is 0 Å². The molecule has 0 saturated carbocycles. The summed E-state index contributed by atoms with van der Waals surface area (Å²) in [5, 5.41) is 0. The van der Waals surface area contributed by atoms with Gasteiger partial charge in [-0.2, -0.15) is 0 Å². The molecule has 3 aliphatic heterocycles. The summed E-state index contributed by atoms with van der Waals surface area (Å²) in [6.45, 7) is 28.7. The van der Waals surface area contributed by atoms with Gasteiger partial charge in [-0.1, -0.05) is 41.0 Å². The fourth-order valence-corrected chi connectivity index (χ4v) is 4.86. The van der Waals surface area contributed by atoms with Gasteiger partial charge in [-0.05, 0) is 139 Å². The van der Waals surface area contributed by atoms with Crippen molar-refractivity contribution in [2.45, 2.75) is 152 Å². The fraction of sp³-hybridized carbons (Fsp3) is 1.00. The molecule has 3 fully saturated rings. The van der Waals surface area contributed by atoms with Crippen molar-refractivity contribution in [3.05, 3.63) is 0 Å². The maximum Gasteiger partial charge on any atom is 0.0125 e. The molecule has 0 bridgehead atoms. The highest BCUT2D eigenvalue weighted by atomic mass is 15.2. The summed E-state index contributed by atoms with van der Waals surface area (Å²) < 4.78 is 0. The lowest BCUT2D eigenvalue weighted by atomic mass is 9.95. The average Bonchev–Trinajstić information content (AvgIpc) is 2.98. The van der Waals surface area contributed by atoms with Gasteiger partial charge in [0.25, 0.3) is 0 Å². The molecule has 0 atom stereocenters. The third kappa shape index (κ3) is 15.5. The van der Waals surface area contributed by atoms with Gasteiger partial charge in [-0.25, -0.2) is 0 Å². The minimum Gasteiger partial charge on any atom is -0.301 e. The number of likely N-dealkylation sites (tertiary alicyclic amines) is 3. The van der Waals surface area contributed by atoms with Crippen LogP contribution in [0.4, 0.5) is 0 Å². The summed E-state index contributed by atoms with van der Waals surface area (Å²) in [4.78, 5) is 7.76. The van der Waals surface area contributed by atoms with Crippen molar-refractivity contribution in [1.29, 1.82) is 0 Å². The molecule has 3 rings (SSSR count). The standard InChI is InChI=1S/C10H21N.2C9H19N.2CH4/c1-9-5-7-11(8-6-9)10(2,3)4;1-9(2,3)10-7-5-4-6-8-10;1-9(2)10-7-5-3-4-6-8-10;;/h9H,5-8H2,1-4H3;4-8H2,1-3H3;9H,3-8H2,1-2H3;2*1H4. The first-order valence-corrected chi connectivity index (χ1v) is 13.7. The Kier molecular flexibility index (Phi) is 18.4. The highest BCUT2D eigenvalue weighted by Crippen LogP contribution is 2.23. The van der Waals surface area contributed by atoms with E-state index in [1.807, 2.05) is 0 Å². The Labute approximate surface area is 212 Å². The molecule has 0 aliphatic carbocycles. The van der Waals surface area contributed by atoms with Crippen molar-refractivity contribution in [3.8, 4) is 0 Å². The van der Waals surface area contributed by atoms with Crippen molar-refractivity contribution < 1.29 is 0 Å². The number of hydrogen-bond donors (Lipinski definition) is 0. The van der Waals surface area contributed by atoms with Crippen molar-refractivity contribution in [2.75, 3.05) is 39.3 Å². The molecule has 3 aliphatic rings. The van der Waals surface area contributed by atoms with E-state index in [0.717, 1.165) is 12.0 Å². The van der Waals surface area contributed by atoms with E-state index in [2.05, 4.69) is 77.0 Å². The van der Waals surface area contributed by atoms with Gasteiger partial charge in [0.1, 0.15) is 0 Å². The van der Waals surface area contributed by atoms with Crippen molar-refractivity contribution in [3.63, 3.8) is 0 Å². The quantitative estimate of drug-likeness (QED) is 0.382. The number of piperidine rings is 2. The first kappa shape index (κ1) is 35.0. The van der Waals surface area contributed by atoms with Gasteiger partial charge in [0.05, 0.1) is 0 Å². The Hall–Kier alpha value is -0.120. The molecular formula is C30H67N3. The molecular weight excluding hydrogens is 402 g/mol. The highest BCUT2D eigenvalue weighted by Gasteiger charge is 2.25. The van der Waals surface area contributed by atoms with Crippen LogP contribution in [-0.2, 0) is 0 Å². The summed E-state index contributed by atoms with van der Waals surface area (Å²) >= 11 is 0. The Morgan fingerprint density at radius 1 is 0.545 bits per heavy atom. The maximum atomic E-state index is 2.59. The lowest BCUT2D eigenvalue weighted by Crippen LogP contribution is -2.45. The summed E-state index contributed by atoms with van der Waals surface area (Å²) in [5.41, 5.74) is 0.792. The molecule has 0 radical (unpaired) electrons. The van der Waals surface area contributed by atoms with Crippen LogP contribution in [0.25, 0.3) is 0 Å². The van der Waals surface area contributed by atoms with E-state index >= 15 is 0 Å². The molecule has 3 nitrogen and oxygen atoms in total. The normalized spacial score (nSPS) is 22.0. The number of hydrogen-bond acceptors (Lipinski definition) is 3. The zero-order valence-corrected chi connectivity index (χ0v) is 23.1. The van der Waals surface area contributed by atoms with Crippen LogP contribution in [0.2, 0.25) is 0 Å². The second kappa shape index (κ2) is 17.3. The minimum absolute atomic E-state index is 0. The van der Waals surface area contributed by atoms with Crippen molar-refractivity contribution >= 4 is 0 Å². The van der Waals surface area contributed by atoms with Crippen molar-refractivity contribution in [2.24, 2.45) is 5.92 Å². The summed E-state index contributed by atoms with van der Waals surface area (Å²) in [5.74, 6) is 0.952. The minimum atomic E-state index is 0. The van der Waals surface area contributed by atoms with E-state index in [9.17, 15) is 0 Å². The topological polar surface area (TPSA) is 9.72 Å². The molecule has 3 heteroatoms. The van der Waals surface area contributed by atoms with Crippen LogP contribution in [0.15, 0.2) is 0 Å². The average molecular weight is 470 g/mol. The Morgan fingerprint density at radius 2 is 0.879 bits per heavy atom. The predicted molar refractivity (Wildman–Crippen MR) is 154 cm³/mol. The molecule has 0 aromatic carbocycles. The largest absolute Gasteiger partial charge is 0.301 e. The third-order valence-corrected chi connectivity index (χ3v) is 7.41. The molecule has 0 spiro atoms. The maximum absolute atomic E-state index is 2.59. The molecule has 33 heavy (non-hydrogen) atoms. The number of rotatable bonds is 1. The summed E-state index contributed by atoms with van der Waals surface area (Å²) in [7, 11) is 0. The van der Waals surface area contributed by atoms with Crippen LogP contribution in [0.1, 0.15) is 135 Å². The first-order chi connectivity index (χ1) is 14.4. The molecule has 3 heterocycles. The predicted octanol–water partition coefficient (Wildman–Crippen LogP) is 8.33. The molecule has 202 valence electrons. The Morgan fingerprint density at radius 3 is 1.21 bits per heavy atom. The Bertz CT molecular complexity index is 424. The monoisotopic (exact) mass is 470 g/mol. The van der Waals surface area contributed by atoms with Crippen molar-refractivity contribution in [1.82, 2.24) is 14.7 Å². The fourth-order valence-electron chi connectivity index (χ4n) is 4.86. The SMILES string of the molecule is C.C.CC(C)(C)N1CCCCC1.CC(C)N1CCCCCC1.CC1CCN(C(C)(C)C)CC1. The zero-order chi connectivity index (χ0) is 23.5. The molecule has 3 saturated heterocycles. The second-order valence-electron chi connectivity index (χ2n) is 12.6. The summed E-state index contributed by atoms with van der Waals surface area (Å²) in [6.07, 6.45) is 12.7. The molecule has 0 N–H and O–H groups in total. The van der Waals surface area contributed by atoms with E-state index in [-0.39, 0.29) is 14.9 Å². The van der Waals surface area contributed by atoms with Gasteiger partial charge < -0.3 is 4.90 Å². The third-order valence-electron chi connectivity index (χ3n) is 7.41. The molecule has 0 aromatic heterocycles. The van der Waals surface area contributed by atoms with Crippen LogP contribution < -0.4 is 0 Å². The lowest BCUT2D eigenvalue weighted by molar-refractivity contribution is 0.0916.